The van der Waals surface area contributed by atoms with Crippen LogP contribution >= 0.6 is 23.2 Å². The van der Waals surface area contributed by atoms with Gasteiger partial charge in [-0.3, -0.25) is 0 Å². The van der Waals surface area contributed by atoms with Gasteiger partial charge < -0.3 is 9.84 Å². The van der Waals surface area contributed by atoms with Gasteiger partial charge in [-0.25, -0.2) is 0 Å². The number of benzene rings is 1. The van der Waals surface area contributed by atoms with Crippen molar-refractivity contribution in [2.24, 2.45) is 0 Å². The van der Waals surface area contributed by atoms with E-state index < -0.39 is 5.60 Å². The maximum absolute atomic E-state index is 10.5. The van der Waals surface area contributed by atoms with Crippen LogP contribution < -0.4 is 0 Å². The number of halogens is 2. The summed E-state index contributed by atoms with van der Waals surface area (Å²) < 4.78 is 5.36. The third-order valence-corrected chi connectivity index (χ3v) is 3.76. The lowest BCUT2D eigenvalue weighted by molar-refractivity contribution is 0.0189. The molecule has 1 aliphatic rings. The van der Waals surface area contributed by atoms with Crippen molar-refractivity contribution in [3.8, 4) is 0 Å². The molecule has 0 saturated carbocycles. The molecule has 1 fully saturated rings. The average Bonchev–Trinajstić information content (AvgIpc) is 2.48. The second-order valence-corrected chi connectivity index (χ2v) is 5.45. The highest BCUT2D eigenvalue weighted by Crippen LogP contribution is 2.30. The Morgan fingerprint density at radius 1 is 1.24 bits per heavy atom. The van der Waals surface area contributed by atoms with Crippen LogP contribution in [0, 0.1) is 0 Å². The molecule has 1 aromatic rings. The van der Waals surface area contributed by atoms with Crippen LogP contribution in [0.4, 0.5) is 0 Å². The number of hydrogen-bond acceptors (Lipinski definition) is 2. The molecule has 0 aliphatic carbocycles. The van der Waals surface area contributed by atoms with Gasteiger partial charge in [0.1, 0.15) is 0 Å². The van der Waals surface area contributed by atoms with Crippen molar-refractivity contribution in [3.63, 3.8) is 0 Å². The minimum atomic E-state index is -0.700. The van der Waals surface area contributed by atoms with Gasteiger partial charge in [-0.1, -0.05) is 29.3 Å². The van der Waals surface area contributed by atoms with E-state index in [4.69, 9.17) is 27.9 Å². The molecule has 1 N–H and O–H groups in total. The zero-order valence-electron chi connectivity index (χ0n) is 9.59. The normalized spacial score (nSPS) is 25.6. The van der Waals surface area contributed by atoms with E-state index in [1.807, 2.05) is 6.07 Å². The van der Waals surface area contributed by atoms with Crippen molar-refractivity contribution >= 4 is 23.2 Å². The van der Waals surface area contributed by atoms with E-state index in [0.717, 1.165) is 25.0 Å². The Labute approximate surface area is 111 Å². The molecule has 0 bridgehead atoms. The van der Waals surface area contributed by atoms with Crippen molar-refractivity contribution in [2.75, 3.05) is 13.2 Å². The van der Waals surface area contributed by atoms with E-state index in [-0.39, 0.29) is 0 Å². The summed E-state index contributed by atoms with van der Waals surface area (Å²) in [5.74, 6) is 0. The largest absolute Gasteiger partial charge is 0.389 e. The lowest BCUT2D eigenvalue weighted by Gasteiger charge is -2.26. The first-order valence-corrected chi connectivity index (χ1v) is 6.59. The van der Waals surface area contributed by atoms with Gasteiger partial charge in [-0.05, 0) is 37.0 Å². The molecule has 1 aliphatic heterocycles. The van der Waals surface area contributed by atoms with Gasteiger partial charge in [0.25, 0.3) is 0 Å². The van der Waals surface area contributed by atoms with Crippen LogP contribution in [0.5, 0.6) is 0 Å². The second kappa shape index (κ2) is 5.57. The molecule has 4 heteroatoms. The zero-order valence-corrected chi connectivity index (χ0v) is 11.1. The number of rotatable bonds is 2. The zero-order chi connectivity index (χ0) is 12.3. The quantitative estimate of drug-likeness (QED) is 0.895. The molecule has 1 heterocycles. The Balaban J connectivity index is 2.12. The van der Waals surface area contributed by atoms with Crippen LogP contribution in [0.1, 0.15) is 24.8 Å². The smallest absolute Gasteiger partial charge is 0.0711 e. The lowest BCUT2D eigenvalue weighted by Crippen LogP contribution is -2.31. The monoisotopic (exact) mass is 274 g/mol. The molecule has 1 unspecified atom stereocenters. The third-order valence-electron chi connectivity index (χ3n) is 3.18. The van der Waals surface area contributed by atoms with Crippen LogP contribution in [0.25, 0.3) is 0 Å². The van der Waals surface area contributed by atoms with Gasteiger partial charge in [0, 0.05) is 29.7 Å². The Kier molecular flexibility index (Phi) is 4.31. The average molecular weight is 275 g/mol. The van der Waals surface area contributed by atoms with Crippen LogP contribution in [0.3, 0.4) is 0 Å². The van der Waals surface area contributed by atoms with Gasteiger partial charge in [-0.2, -0.15) is 0 Å². The molecule has 0 amide bonds. The second-order valence-electron chi connectivity index (χ2n) is 4.60. The topological polar surface area (TPSA) is 29.5 Å². The SMILES string of the molecule is OC1(Cc2ccc(Cl)cc2Cl)CCCOCC1. The maximum Gasteiger partial charge on any atom is 0.0711 e. The highest BCUT2D eigenvalue weighted by molar-refractivity contribution is 6.35. The van der Waals surface area contributed by atoms with Gasteiger partial charge in [0.2, 0.25) is 0 Å². The Bertz CT molecular complexity index is 385. The van der Waals surface area contributed by atoms with E-state index in [9.17, 15) is 5.11 Å². The number of ether oxygens (including phenoxy) is 1. The molecule has 17 heavy (non-hydrogen) atoms. The van der Waals surface area contributed by atoms with E-state index in [0.29, 0.717) is 29.5 Å². The highest BCUT2D eigenvalue weighted by Gasteiger charge is 2.29. The first-order chi connectivity index (χ1) is 8.09. The lowest BCUT2D eigenvalue weighted by atomic mass is 9.88. The fraction of sp³-hybridized carbons (Fsp3) is 0.538. The van der Waals surface area contributed by atoms with Crippen molar-refractivity contribution in [3.05, 3.63) is 33.8 Å². The fourth-order valence-corrected chi connectivity index (χ4v) is 2.66. The van der Waals surface area contributed by atoms with Crippen molar-refractivity contribution < 1.29 is 9.84 Å². The third kappa shape index (κ3) is 3.59. The van der Waals surface area contributed by atoms with Gasteiger partial charge >= 0.3 is 0 Å². The molecule has 0 spiro atoms. The van der Waals surface area contributed by atoms with Crippen LogP contribution in [0.2, 0.25) is 10.0 Å². The molecular formula is C13H16Cl2O2. The standard InChI is InChI=1S/C13H16Cl2O2/c14-11-3-2-10(12(15)8-11)9-13(16)4-1-6-17-7-5-13/h2-3,8,16H,1,4-7,9H2. The summed E-state index contributed by atoms with van der Waals surface area (Å²) in [6.07, 6.45) is 2.87. The van der Waals surface area contributed by atoms with Crippen LogP contribution in [-0.4, -0.2) is 23.9 Å². The predicted molar refractivity (Wildman–Crippen MR) is 69.8 cm³/mol. The summed E-state index contributed by atoms with van der Waals surface area (Å²) in [4.78, 5) is 0. The summed E-state index contributed by atoms with van der Waals surface area (Å²) in [6.45, 7) is 1.35. The Morgan fingerprint density at radius 2 is 2.06 bits per heavy atom. The van der Waals surface area contributed by atoms with Crippen molar-refractivity contribution in [1.29, 1.82) is 0 Å². The molecule has 2 rings (SSSR count). The Morgan fingerprint density at radius 3 is 2.82 bits per heavy atom. The first kappa shape index (κ1) is 13.2. The minimum absolute atomic E-state index is 0.562. The molecule has 0 radical (unpaired) electrons. The molecule has 1 aromatic carbocycles. The van der Waals surface area contributed by atoms with Crippen LogP contribution in [0.15, 0.2) is 18.2 Å². The Hall–Kier alpha value is -0.280. The van der Waals surface area contributed by atoms with Gasteiger partial charge in [0.15, 0.2) is 0 Å². The molecule has 94 valence electrons. The molecule has 2 nitrogen and oxygen atoms in total. The number of hydrogen-bond donors (Lipinski definition) is 1. The summed E-state index contributed by atoms with van der Waals surface area (Å²) in [7, 11) is 0. The van der Waals surface area contributed by atoms with E-state index >= 15 is 0 Å². The van der Waals surface area contributed by atoms with E-state index in [1.165, 1.54) is 0 Å². The molecule has 1 atom stereocenters. The van der Waals surface area contributed by atoms with Crippen molar-refractivity contribution in [2.45, 2.75) is 31.3 Å². The summed E-state index contributed by atoms with van der Waals surface area (Å²) in [5.41, 5.74) is 0.244. The van der Waals surface area contributed by atoms with Crippen molar-refractivity contribution in [1.82, 2.24) is 0 Å². The molecule has 1 saturated heterocycles. The fourth-order valence-electron chi connectivity index (χ4n) is 2.19. The molecule has 0 aromatic heterocycles. The van der Waals surface area contributed by atoms with Crippen LogP contribution in [-0.2, 0) is 11.2 Å². The van der Waals surface area contributed by atoms with Gasteiger partial charge in [-0.15, -0.1) is 0 Å². The summed E-state index contributed by atoms with van der Waals surface area (Å²) in [6, 6.07) is 5.41. The van der Waals surface area contributed by atoms with E-state index in [2.05, 4.69) is 0 Å². The summed E-state index contributed by atoms with van der Waals surface area (Å²) in [5, 5.41) is 11.8. The summed E-state index contributed by atoms with van der Waals surface area (Å²) >= 11 is 12.0. The first-order valence-electron chi connectivity index (χ1n) is 5.83. The van der Waals surface area contributed by atoms with Gasteiger partial charge in [0.05, 0.1) is 5.60 Å². The highest BCUT2D eigenvalue weighted by atomic mass is 35.5. The number of aliphatic hydroxyl groups is 1. The predicted octanol–water partition coefficient (Wildman–Crippen LogP) is 3.47. The maximum atomic E-state index is 10.5. The minimum Gasteiger partial charge on any atom is -0.389 e. The molecular weight excluding hydrogens is 259 g/mol. The van der Waals surface area contributed by atoms with E-state index in [1.54, 1.807) is 12.1 Å².